The Kier molecular flexibility index (Phi) is 7.79. The molecule has 0 radical (unpaired) electrons. The number of likely N-dealkylation sites (N-methyl/N-ethyl adjacent to an activating group) is 1. The number of thioether (sulfide) groups is 1. The standard InChI is InChI=1S/C17H18Cl2N2O3S2/c1-21(26(23,24)16-8-4-14(19)5-9-16)12-17(22)20-10-11-25-15-6-2-13(18)3-7-15/h2-9H,10-12H2,1H3,(H,20,22). The van der Waals surface area contributed by atoms with Crippen LogP contribution in [-0.2, 0) is 14.8 Å². The van der Waals surface area contributed by atoms with Crippen LogP contribution in [0.25, 0.3) is 0 Å². The molecule has 0 aliphatic rings. The largest absolute Gasteiger partial charge is 0.354 e. The van der Waals surface area contributed by atoms with E-state index in [9.17, 15) is 13.2 Å². The maximum atomic E-state index is 12.4. The van der Waals surface area contributed by atoms with E-state index in [1.807, 2.05) is 12.1 Å². The third kappa shape index (κ3) is 6.17. The molecular weight excluding hydrogens is 415 g/mol. The summed E-state index contributed by atoms with van der Waals surface area (Å²) in [5.74, 6) is 0.308. The van der Waals surface area contributed by atoms with Gasteiger partial charge in [-0.1, -0.05) is 23.2 Å². The molecule has 1 amide bonds. The molecule has 0 fully saturated rings. The van der Waals surface area contributed by atoms with E-state index in [0.717, 1.165) is 9.20 Å². The zero-order valence-corrected chi connectivity index (χ0v) is 17.1. The van der Waals surface area contributed by atoms with E-state index in [1.165, 1.54) is 31.3 Å². The average molecular weight is 433 g/mol. The van der Waals surface area contributed by atoms with E-state index in [-0.39, 0.29) is 17.3 Å². The van der Waals surface area contributed by atoms with Crippen LogP contribution in [0.5, 0.6) is 0 Å². The predicted molar refractivity (Wildman–Crippen MR) is 106 cm³/mol. The lowest BCUT2D eigenvalue weighted by molar-refractivity contribution is -0.121. The summed E-state index contributed by atoms with van der Waals surface area (Å²) in [4.78, 5) is 13.1. The Balaban J connectivity index is 1.79. The fraction of sp³-hybridized carbons (Fsp3) is 0.235. The van der Waals surface area contributed by atoms with Crippen molar-refractivity contribution in [1.82, 2.24) is 9.62 Å². The summed E-state index contributed by atoms with van der Waals surface area (Å²) in [7, 11) is -2.37. The molecule has 0 aromatic heterocycles. The van der Waals surface area contributed by atoms with E-state index in [0.29, 0.717) is 22.3 Å². The number of halogens is 2. The van der Waals surface area contributed by atoms with Crippen LogP contribution in [0.15, 0.2) is 58.3 Å². The molecule has 0 spiro atoms. The fourth-order valence-corrected chi connectivity index (χ4v) is 4.17. The van der Waals surface area contributed by atoms with Gasteiger partial charge in [-0.25, -0.2) is 8.42 Å². The molecule has 0 saturated carbocycles. The van der Waals surface area contributed by atoms with Crippen LogP contribution >= 0.6 is 35.0 Å². The average Bonchev–Trinajstić information content (AvgIpc) is 2.60. The van der Waals surface area contributed by atoms with Gasteiger partial charge in [0.1, 0.15) is 0 Å². The van der Waals surface area contributed by atoms with Crippen molar-refractivity contribution >= 4 is 50.9 Å². The Morgan fingerprint density at radius 3 is 2.15 bits per heavy atom. The molecule has 0 heterocycles. The van der Waals surface area contributed by atoms with Crippen molar-refractivity contribution in [2.45, 2.75) is 9.79 Å². The van der Waals surface area contributed by atoms with Crippen molar-refractivity contribution < 1.29 is 13.2 Å². The molecule has 26 heavy (non-hydrogen) atoms. The maximum Gasteiger partial charge on any atom is 0.243 e. The third-order valence-electron chi connectivity index (χ3n) is 3.39. The highest BCUT2D eigenvalue weighted by Gasteiger charge is 2.22. The highest BCUT2D eigenvalue weighted by molar-refractivity contribution is 7.99. The van der Waals surface area contributed by atoms with E-state index in [1.54, 1.807) is 23.9 Å². The number of amides is 1. The number of hydrogen-bond donors (Lipinski definition) is 1. The molecule has 0 aliphatic carbocycles. The van der Waals surface area contributed by atoms with Gasteiger partial charge in [0.25, 0.3) is 0 Å². The molecule has 0 atom stereocenters. The Labute approximate surface area is 167 Å². The van der Waals surface area contributed by atoms with Crippen LogP contribution in [0.1, 0.15) is 0 Å². The van der Waals surface area contributed by atoms with Crippen LogP contribution in [0.4, 0.5) is 0 Å². The van der Waals surface area contributed by atoms with Gasteiger partial charge in [-0.15, -0.1) is 11.8 Å². The van der Waals surface area contributed by atoms with Crippen LogP contribution < -0.4 is 5.32 Å². The number of rotatable bonds is 8. The van der Waals surface area contributed by atoms with E-state index in [4.69, 9.17) is 23.2 Å². The second-order valence-electron chi connectivity index (χ2n) is 5.37. The lowest BCUT2D eigenvalue weighted by atomic mass is 10.4. The molecule has 0 aliphatic heterocycles. The molecule has 0 bridgehead atoms. The first-order valence-electron chi connectivity index (χ1n) is 7.66. The van der Waals surface area contributed by atoms with Crippen molar-refractivity contribution in [3.8, 4) is 0 Å². The van der Waals surface area contributed by atoms with Gasteiger partial charge in [-0.2, -0.15) is 4.31 Å². The molecule has 140 valence electrons. The summed E-state index contributed by atoms with van der Waals surface area (Å²) in [6.07, 6.45) is 0. The second kappa shape index (κ2) is 9.62. The normalized spacial score (nSPS) is 11.5. The van der Waals surface area contributed by atoms with E-state index in [2.05, 4.69) is 5.32 Å². The first kappa shape index (κ1) is 21.1. The van der Waals surface area contributed by atoms with Gasteiger partial charge in [0.2, 0.25) is 15.9 Å². The molecule has 5 nitrogen and oxygen atoms in total. The number of hydrogen-bond acceptors (Lipinski definition) is 4. The van der Waals surface area contributed by atoms with E-state index >= 15 is 0 Å². The summed E-state index contributed by atoms with van der Waals surface area (Å²) >= 11 is 13.2. The third-order valence-corrected chi connectivity index (χ3v) is 6.73. The Morgan fingerprint density at radius 1 is 1.04 bits per heavy atom. The zero-order valence-electron chi connectivity index (χ0n) is 14.0. The van der Waals surface area contributed by atoms with Crippen molar-refractivity contribution in [3.05, 3.63) is 58.6 Å². The van der Waals surface area contributed by atoms with Gasteiger partial charge in [0.15, 0.2) is 0 Å². The highest BCUT2D eigenvalue weighted by atomic mass is 35.5. The summed E-state index contributed by atoms with van der Waals surface area (Å²) in [5.41, 5.74) is 0. The number of carbonyl (C=O) groups excluding carboxylic acids is 1. The summed E-state index contributed by atoms with van der Waals surface area (Å²) in [5, 5.41) is 3.84. The molecular formula is C17H18Cl2N2O3S2. The minimum Gasteiger partial charge on any atom is -0.354 e. The van der Waals surface area contributed by atoms with Crippen LogP contribution in [-0.4, -0.2) is 44.5 Å². The van der Waals surface area contributed by atoms with Gasteiger partial charge >= 0.3 is 0 Å². The van der Waals surface area contributed by atoms with Gasteiger partial charge < -0.3 is 5.32 Å². The van der Waals surface area contributed by atoms with Gasteiger partial charge in [0, 0.05) is 34.3 Å². The number of sulfonamides is 1. The van der Waals surface area contributed by atoms with Crippen LogP contribution in [0.3, 0.4) is 0 Å². The minimum absolute atomic E-state index is 0.0930. The molecule has 0 saturated heterocycles. The Bertz CT molecular complexity index is 841. The molecule has 1 N–H and O–H groups in total. The van der Waals surface area contributed by atoms with Crippen molar-refractivity contribution in [2.75, 3.05) is 25.9 Å². The monoisotopic (exact) mass is 432 g/mol. The van der Waals surface area contributed by atoms with E-state index < -0.39 is 10.0 Å². The molecule has 9 heteroatoms. The SMILES string of the molecule is CN(CC(=O)NCCSc1ccc(Cl)cc1)S(=O)(=O)c1ccc(Cl)cc1. The number of nitrogens with one attached hydrogen (secondary N) is 1. The fourth-order valence-electron chi connectivity index (χ4n) is 2.02. The van der Waals surface area contributed by atoms with Gasteiger partial charge in [-0.05, 0) is 48.5 Å². The predicted octanol–water partition coefficient (Wildman–Crippen LogP) is 3.52. The maximum absolute atomic E-state index is 12.4. The van der Waals surface area contributed by atoms with Gasteiger partial charge in [-0.3, -0.25) is 4.79 Å². The molecule has 2 aromatic carbocycles. The molecule has 2 aromatic rings. The zero-order chi connectivity index (χ0) is 19.2. The quantitative estimate of drug-likeness (QED) is 0.511. The minimum atomic E-state index is -3.73. The number of nitrogens with zero attached hydrogens (tertiary/aromatic N) is 1. The summed E-state index contributed by atoms with van der Waals surface area (Å²) in [6.45, 7) is 0.178. The number of carbonyl (C=O) groups is 1. The number of benzene rings is 2. The summed E-state index contributed by atoms with van der Waals surface area (Å²) < 4.78 is 25.8. The lowest BCUT2D eigenvalue weighted by Gasteiger charge is -2.17. The Hall–Kier alpha value is -1.25. The first-order chi connectivity index (χ1) is 12.3. The first-order valence-corrected chi connectivity index (χ1v) is 10.8. The van der Waals surface area contributed by atoms with Crippen molar-refractivity contribution in [2.24, 2.45) is 0 Å². The lowest BCUT2D eigenvalue weighted by Crippen LogP contribution is -2.39. The van der Waals surface area contributed by atoms with Gasteiger partial charge in [0.05, 0.1) is 11.4 Å². The second-order valence-corrected chi connectivity index (χ2v) is 9.45. The highest BCUT2D eigenvalue weighted by Crippen LogP contribution is 2.20. The van der Waals surface area contributed by atoms with Crippen molar-refractivity contribution in [3.63, 3.8) is 0 Å². The smallest absolute Gasteiger partial charge is 0.243 e. The topological polar surface area (TPSA) is 66.5 Å². The molecule has 2 rings (SSSR count). The summed E-state index contributed by atoms with van der Waals surface area (Å²) in [6, 6.07) is 13.2. The van der Waals surface area contributed by atoms with Crippen LogP contribution in [0, 0.1) is 0 Å². The van der Waals surface area contributed by atoms with Crippen LogP contribution in [0.2, 0.25) is 10.0 Å². The Morgan fingerprint density at radius 2 is 1.58 bits per heavy atom. The molecule has 0 unspecified atom stereocenters. The van der Waals surface area contributed by atoms with Crippen molar-refractivity contribution in [1.29, 1.82) is 0 Å².